The van der Waals surface area contributed by atoms with E-state index in [1.165, 1.54) is 44.9 Å². The van der Waals surface area contributed by atoms with Crippen molar-refractivity contribution >= 4 is 22.9 Å². The molecule has 3 heteroatoms. The van der Waals surface area contributed by atoms with Crippen LogP contribution in [0.15, 0.2) is 85.1 Å². The molecule has 0 spiro atoms. The lowest BCUT2D eigenvalue weighted by molar-refractivity contribution is 0.322. The van der Waals surface area contributed by atoms with Crippen molar-refractivity contribution in [3.8, 4) is 11.1 Å². The van der Waals surface area contributed by atoms with Crippen molar-refractivity contribution in [2.45, 2.75) is 84.2 Å². The molecule has 3 aromatic carbocycles. The number of anilines is 4. The molecule has 3 nitrogen and oxygen atoms in total. The Balaban J connectivity index is 1.62. The van der Waals surface area contributed by atoms with Gasteiger partial charge in [-0.15, -0.1) is 0 Å². The lowest BCUT2D eigenvalue weighted by Gasteiger charge is -2.47. The molecule has 2 aliphatic heterocycles. The zero-order chi connectivity index (χ0) is 27.3. The van der Waals surface area contributed by atoms with E-state index < -0.39 is 0 Å². The number of rotatable bonds is 6. The third-order valence-corrected chi connectivity index (χ3v) is 9.30. The summed E-state index contributed by atoms with van der Waals surface area (Å²) in [4.78, 5) is 10.1. The Morgan fingerprint density at radius 1 is 0.769 bits per heavy atom. The fraction of sp³-hybridized carbons (Fsp3) is 0.361. The molecular weight excluding hydrogens is 474 g/mol. The third-order valence-electron chi connectivity index (χ3n) is 9.30. The molecule has 0 saturated carbocycles. The predicted octanol–water partition coefficient (Wildman–Crippen LogP) is 10.1. The van der Waals surface area contributed by atoms with Gasteiger partial charge >= 0.3 is 0 Å². The Morgan fingerprint density at radius 3 is 2.10 bits per heavy atom. The van der Waals surface area contributed by atoms with Gasteiger partial charge in [0.15, 0.2) is 5.82 Å². The van der Waals surface area contributed by atoms with Gasteiger partial charge in [0, 0.05) is 23.0 Å². The number of para-hydroxylation sites is 1. The van der Waals surface area contributed by atoms with Crippen LogP contribution in [-0.2, 0) is 5.41 Å². The van der Waals surface area contributed by atoms with E-state index in [1.807, 2.05) is 6.20 Å². The number of hydrogen-bond donors (Lipinski definition) is 0. The SMILES string of the molecule is CCC1(CC)CC2N(c3ccccc3)c3cccnc3N2c2cc(-c3c(C(C)C)cccc3C(C)C)ccc21. The molecule has 0 fully saturated rings. The number of nitrogens with zero attached hydrogens (tertiary/aromatic N) is 3. The van der Waals surface area contributed by atoms with Crippen LogP contribution in [0, 0.1) is 0 Å². The summed E-state index contributed by atoms with van der Waals surface area (Å²) in [5, 5.41) is 0. The third kappa shape index (κ3) is 3.97. The first-order valence-corrected chi connectivity index (χ1v) is 14.8. The Bertz CT molecular complexity index is 1460. The molecule has 0 radical (unpaired) electrons. The van der Waals surface area contributed by atoms with E-state index in [0.29, 0.717) is 11.8 Å². The molecule has 4 aromatic rings. The van der Waals surface area contributed by atoms with E-state index in [4.69, 9.17) is 4.98 Å². The minimum Gasteiger partial charge on any atom is -0.317 e. The second-order valence-electron chi connectivity index (χ2n) is 11.9. The molecule has 1 atom stereocenters. The van der Waals surface area contributed by atoms with E-state index in [-0.39, 0.29) is 11.6 Å². The maximum atomic E-state index is 5.00. The number of aromatic nitrogens is 1. The number of fused-ring (bicyclic) bond motifs is 5. The van der Waals surface area contributed by atoms with Crippen LogP contribution in [0.1, 0.15) is 89.3 Å². The smallest absolute Gasteiger partial charge is 0.158 e. The summed E-state index contributed by atoms with van der Waals surface area (Å²) in [5.41, 5.74) is 10.9. The fourth-order valence-corrected chi connectivity index (χ4v) is 7.13. The predicted molar refractivity (Wildman–Crippen MR) is 166 cm³/mol. The number of pyridine rings is 1. The van der Waals surface area contributed by atoms with E-state index >= 15 is 0 Å². The molecule has 0 amide bonds. The summed E-state index contributed by atoms with van der Waals surface area (Å²) in [7, 11) is 0. The molecule has 1 aromatic heterocycles. The highest BCUT2D eigenvalue weighted by Gasteiger charge is 2.49. The maximum absolute atomic E-state index is 5.00. The molecule has 6 rings (SSSR count). The average Bonchev–Trinajstić information content (AvgIpc) is 3.30. The lowest BCUT2D eigenvalue weighted by Crippen LogP contribution is -2.48. The van der Waals surface area contributed by atoms with Gasteiger partial charge in [-0.1, -0.05) is 90.1 Å². The normalized spacial score (nSPS) is 17.4. The topological polar surface area (TPSA) is 19.4 Å². The Hall–Kier alpha value is -3.59. The molecule has 0 bridgehead atoms. The highest BCUT2D eigenvalue weighted by Crippen LogP contribution is 2.57. The Labute approximate surface area is 234 Å². The van der Waals surface area contributed by atoms with Crippen LogP contribution in [0.25, 0.3) is 11.1 Å². The summed E-state index contributed by atoms with van der Waals surface area (Å²) < 4.78 is 0. The minimum atomic E-state index is 0.114. The van der Waals surface area contributed by atoms with Gasteiger partial charge < -0.3 is 9.80 Å². The highest BCUT2D eigenvalue weighted by atomic mass is 15.4. The van der Waals surface area contributed by atoms with Crippen LogP contribution in [0.2, 0.25) is 0 Å². The summed E-state index contributed by atoms with van der Waals surface area (Å²) in [5.74, 6) is 1.97. The summed E-state index contributed by atoms with van der Waals surface area (Å²) in [6, 6.07) is 29.4. The summed E-state index contributed by atoms with van der Waals surface area (Å²) >= 11 is 0. The number of benzene rings is 3. The summed E-state index contributed by atoms with van der Waals surface area (Å²) in [6.45, 7) is 14.0. The van der Waals surface area contributed by atoms with Crippen LogP contribution < -0.4 is 9.80 Å². The van der Waals surface area contributed by atoms with Gasteiger partial charge in [0.1, 0.15) is 6.17 Å². The van der Waals surface area contributed by atoms with Crippen molar-refractivity contribution in [3.63, 3.8) is 0 Å². The van der Waals surface area contributed by atoms with Gasteiger partial charge in [0.2, 0.25) is 0 Å². The van der Waals surface area contributed by atoms with Gasteiger partial charge in [-0.05, 0) is 89.2 Å². The first-order chi connectivity index (χ1) is 18.9. The first kappa shape index (κ1) is 25.7. The van der Waals surface area contributed by atoms with Crippen LogP contribution >= 0.6 is 0 Å². The van der Waals surface area contributed by atoms with E-state index in [9.17, 15) is 0 Å². The monoisotopic (exact) mass is 515 g/mol. The van der Waals surface area contributed by atoms with Crippen molar-refractivity contribution in [3.05, 3.63) is 102 Å². The van der Waals surface area contributed by atoms with Crippen molar-refractivity contribution in [2.75, 3.05) is 9.80 Å². The van der Waals surface area contributed by atoms with E-state index in [2.05, 4.69) is 130 Å². The van der Waals surface area contributed by atoms with Crippen LogP contribution in [-0.4, -0.2) is 11.1 Å². The zero-order valence-corrected chi connectivity index (χ0v) is 24.3. The molecule has 200 valence electrons. The fourth-order valence-electron chi connectivity index (χ4n) is 7.13. The largest absolute Gasteiger partial charge is 0.317 e. The number of hydrogen-bond acceptors (Lipinski definition) is 3. The van der Waals surface area contributed by atoms with Crippen LogP contribution in [0.4, 0.5) is 22.9 Å². The molecule has 1 unspecified atom stereocenters. The standard InChI is InChI=1S/C36H41N3/c1-7-36(8-2)23-33-38(27-14-10-9-11-15-27)31-18-13-21-37-35(31)39(33)32-22-26(19-20-30(32)36)34-28(24(3)4)16-12-17-29(34)25(5)6/h9-22,24-25,33H,7-8,23H2,1-6H3. The van der Waals surface area contributed by atoms with Crippen molar-refractivity contribution < 1.29 is 0 Å². The Morgan fingerprint density at radius 2 is 1.46 bits per heavy atom. The van der Waals surface area contributed by atoms with Crippen molar-refractivity contribution in [1.82, 2.24) is 4.98 Å². The second-order valence-corrected chi connectivity index (χ2v) is 11.9. The van der Waals surface area contributed by atoms with Crippen LogP contribution in [0.3, 0.4) is 0 Å². The molecule has 0 saturated heterocycles. The van der Waals surface area contributed by atoms with E-state index in [1.54, 1.807) is 0 Å². The zero-order valence-electron chi connectivity index (χ0n) is 24.3. The quantitative estimate of drug-likeness (QED) is 0.255. The molecule has 39 heavy (non-hydrogen) atoms. The maximum Gasteiger partial charge on any atom is 0.158 e. The highest BCUT2D eigenvalue weighted by molar-refractivity contribution is 5.89. The van der Waals surface area contributed by atoms with Gasteiger partial charge in [0.05, 0.1) is 5.69 Å². The van der Waals surface area contributed by atoms with Crippen LogP contribution in [0.5, 0.6) is 0 Å². The van der Waals surface area contributed by atoms with Gasteiger partial charge in [-0.25, -0.2) is 4.98 Å². The van der Waals surface area contributed by atoms with E-state index in [0.717, 1.165) is 25.1 Å². The molecular formula is C36H41N3. The molecule has 3 heterocycles. The van der Waals surface area contributed by atoms with Gasteiger partial charge in [0.25, 0.3) is 0 Å². The molecule has 2 aliphatic rings. The van der Waals surface area contributed by atoms with Gasteiger partial charge in [-0.3, -0.25) is 0 Å². The van der Waals surface area contributed by atoms with Gasteiger partial charge in [-0.2, -0.15) is 0 Å². The summed E-state index contributed by atoms with van der Waals surface area (Å²) in [6.07, 6.45) is 5.43. The molecule has 0 aliphatic carbocycles. The minimum absolute atomic E-state index is 0.114. The molecule has 0 N–H and O–H groups in total. The van der Waals surface area contributed by atoms with Crippen molar-refractivity contribution in [1.29, 1.82) is 0 Å². The second kappa shape index (κ2) is 9.86. The Kier molecular flexibility index (Phi) is 6.49. The lowest BCUT2D eigenvalue weighted by atomic mass is 9.69. The van der Waals surface area contributed by atoms with Crippen molar-refractivity contribution in [2.24, 2.45) is 0 Å². The first-order valence-electron chi connectivity index (χ1n) is 14.8. The average molecular weight is 516 g/mol.